The van der Waals surface area contributed by atoms with Crippen LogP contribution in [0.2, 0.25) is 0 Å². The molecule has 1 aromatic rings. The summed E-state index contributed by atoms with van der Waals surface area (Å²) in [7, 11) is 4.41. The molecule has 0 saturated carbocycles. The molecule has 0 radical (unpaired) electrons. The highest BCUT2D eigenvalue weighted by atomic mass is 79.9. The molecule has 1 N–H and O–H groups in total. The van der Waals surface area contributed by atoms with E-state index in [2.05, 4.69) is 69.4 Å². The Kier molecular flexibility index (Phi) is 5.82. The molecule has 1 aromatic carbocycles. The topological polar surface area (TPSA) is 18.5 Å². The van der Waals surface area contributed by atoms with E-state index in [0.717, 1.165) is 24.1 Å². The van der Waals surface area contributed by atoms with E-state index in [9.17, 15) is 0 Å². The zero-order valence-electron chi connectivity index (χ0n) is 11.9. The summed E-state index contributed by atoms with van der Waals surface area (Å²) in [6.07, 6.45) is 1.22. The highest BCUT2D eigenvalue weighted by molar-refractivity contribution is 9.10. The summed E-state index contributed by atoms with van der Waals surface area (Å²) in [6.45, 7) is 5.63. The molecule has 1 unspecified atom stereocenters. The average Bonchev–Trinajstić information content (AvgIpc) is 2.39. The van der Waals surface area contributed by atoms with Gasteiger partial charge in [-0.3, -0.25) is 0 Å². The van der Waals surface area contributed by atoms with Crippen molar-refractivity contribution < 1.29 is 0 Å². The zero-order valence-corrected chi connectivity index (χ0v) is 13.5. The maximum absolute atomic E-state index is 3.60. The lowest BCUT2D eigenvalue weighted by atomic mass is 10.1. The van der Waals surface area contributed by atoms with Crippen LogP contribution in [0.1, 0.15) is 12.0 Å². The molecule has 2 rings (SSSR count). The molecule has 1 heterocycles. The lowest BCUT2D eigenvalue weighted by Gasteiger charge is -2.32. The molecule has 1 fully saturated rings. The normalized spacial score (nSPS) is 20.9. The van der Waals surface area contributed by atoms with Crippen molar-refractivity contribution in [2.24, 2.45) is 0 Å². The fourth-order valence-corrected chi connectivity index (χ4v) is 2.81. The minimum Gasteiger partial charge on any atom is -0.311 e. The van der Waals surface area contributed by atoms with Gasteiger partial charge in [-0.1, -0.05) is 28.1 Å². The van der Waals surface area contributed by atoms with Gasteiger partial charge in [0.25, 0.3) is 0 Å². The van der Waals surface area contributed by atoms with Gasteiger partial charge in [0, 0.05) is 36.7 Å². The van der Waals surface area contributed by atoms with Crippen molar-refractivity contribution in [1.82, 2.24) is 15.1 Å². The van der Waals surface area contributed by atoms with Crippen LogP contribution in [0, 0.1) is 0 Å². The summed E-state index contributed by atoms with van der Waals surface area (Å²) in [5.74, 6) is 0. The Bertz CT molecular complexity index is 379. The smallest absolute Gasteiger partial charge is 0.0230 e. The van der Waals surface area contributed by atoms with Crippen molar-refractivity contribution >= 4 is 15.9 Å². The monoisotopic (exact) mass is 325 g/mol. The minimum absolute atomic E-state index is 0.645. The molecule has 0 amide bonds. The van der Waals surface area contributed by atoms with Crippen LogP contribution in [0.15, 0.2) is 28.7 Å². The van der Waals surface area contributed by atoms with Gasteiger partial charge in [0.15, 0.2) is 0 Å². The van der Waals surface area contributed by atoms with Gasteiger partial charge >= 0.3 is 0 Å². The van der Waals surface area contributed by atoms with E-state index in [0.29, 0.717) is 6.04 Å². The Morgan fingerprint density at radius 1 is 1.37 bits per heavy atom. The SMILES string of the molecule is CN(CCC1CN(C)CCN1)Cc1ccc(Br)cc1. The third-order valence-corrected chi connectivity index (χ3v) is 4.21. The maximum Gasteiger partial charge on any atom is 0.0230 e. The second kappa shape index (κ2) is 7.39. The van der Waals surface area contributed by atoms with E-state index >= 15 is 0 Å². The van der Waals surface area contributed by atoms with Crippen LogP contribution in [-0.4, -0.2) is 56.1 Å². The van der Waals surface area contributed by atoms with Gasteiger partial charge in [0.1, 0.15) is 0 Å². The number of hydrogen-bond donors (Lipinski definition) is 1. The van der Waals surface area contributed by atoms with E-state index in [1.165, 1.54) is 25.1 Å². The van der Waals surface area contributed by atoms with Gasteiger partial charge in [-0.2, -0.15) is 0 Å². The summed E-state index contributed by atoms with van der Waals surface area (Å²) in [5.41, 5.74) is 1.37. The predicted octanol–water partition coefficient (Wildman–Crippen LogP) is 2.17. The Hall–Kier alpha value is -0.420. The first-order valence-electron chi connectivity index (χ1n) is 6.98. The van der Waals surface area contributed by atoms with Crippen LogP contribution in [-0.2, 0) is 6.54 Å². The van der Waals surface area contributed by atoms with E-state index in [4.69, 9.17) is 0 Å². The van der Waals surface area contributed by atoms with Crippen molar-refractivity contribution in [3.05, 3.63) is 34.3 Å². The summed E-state index contributed by atoms with van der Waals surface area (Å²) >= 11 is 3.47. The molecule has 1 atom stereocenters. The quantitative estimate of drug-likeness (QED) is 0.895. The highest BCUT2D eigenvalue weighted by Crippen LogP contribution is 2.12. The van der Waals surface area contributed by atoms with Crippen molar-refractivity contribution in [1.29, 1.82) is 0 Å². The molecule has 0 bridgehead atoms. The summed E-state index contributed by atoms with van der Waals surface area (Å²) in [4.78, 5) is 4.81. The number of halogens is 1. The first-order chi connectivity index (χ1) is 9.13. The number of rotatable bonds is 5. The largest absolute Gasteiger partial charge is 0.311 e. The van der Waals surface area contributed by atoms with Crippen LogP contribution in [0.4, 0.5) is 0 Å². The van der Waals surface area contributed by atoms with Crippen LogP contribution in [0.5, 0.6) is 0 Å². The molecular weight excluding hydrogens is 302 g/mol. The molecule has 19 heavy (non-hydrogen) atoms. The molecule has 0 aliphatic carbocycles. The van der Waals surface area contributed by atoms with Gasteiger partial charge in [-0.05, 0) is 44.8 Å². The van der Waals surface area contributed by atoms with Gasteiger partial charge < -0.3 is 15.1 Å². The molecule has 0 spiro atoms. The van der Waals surface area contributed by atoms with Crippen molar-refractivity contribution in [2.75, 3.05) is 40.3 Å². The molecule has 3 nitrogen and oxygen atoms in total. The summed E-state index contributed by atoms with van der Waals surface area (Å²) in [6, 6.07) is 9.24. The third-order valence-electron chi connectivity index (χ3n) is 3.68. The first-order valence-corrected chi connectivity index (χ1v) is 7.77. The van der Waals surface area contributed by atoms with Crippen LogP contribution in [0.3, 0.4) is 0 Å². The fourth-order valence-electron chi connectivity index (χ4n) is 2.54. The van der Waals surface area contributed by atoms with E-state index in [1.54, 1.807) is 0 Å². The Morgan fingerprint density at radius 3 is 2.79 bits per heavy atom. The molecule has 1 saturated heterocycles. The van der Waals surface area contributed by atoms with Crippen LogP contribution in [0.25, 0.3) is 0 Å². The molecule has 106 valence electrons. The Balaban J connectivity index is 1.72. The first kappa shape index (κ1) is 15.0. The number of nitrogens with one attached hydrogen (secondary N) is 1. The second-order valence-corrected chi connectivity index (χ2v) is 6.48. The fraction of sp³-hybridized carbons (Fsp3) is 0.600. The van der Waals surface area contributed by atoms with Crippen molar-refractivity contribution in [2.45, 2.75) is 19.0 Å². The van der Waals surface area contributed by atoms with Crippen molar-refractivity contribution in [3.63, 3.8) is 0 Å². The van der Waals surface area contributed by atoms with Crippen LogP contribution < -0.4 is 5.32 Å². The number of nitrogens with zero attached hydrogens (tertiary/aromatic N) is 2. The Morgan fingerprint density at radius 2 is 2.11 bits per heavy atom. The molecule has 1 aliphatic heterocycles. The highest BCUT2D eigenvalue weighted by Gasteiger charge is 2.16. The van der Waals surface area contributed by atoms with Gasteiger partial charge in [0.05, 0.1) is 0 Å². The maximum atomic E-state index is 3.60. The predicted molar refractivity (Wildman–Crippen MR) is 84.4 cm³/mol. The standard InChI is InChI=1S/C15H24BrN3/c1-18(11-13-3-5-14(16)6-4-13)9-7-15-12-19(2)10-8-17-15/h3-6,15,17H,7-12H2,1-2H3. The summed E-state index contributed by atoms with van der Waals surface area (Å²) < 4.78 is 1.15. The molecule has 0 aromatic heterocycles. The van der Waals surface area contributed by atoms with Gasteiger partial charge in [-0.15, -0.1) is 0 Å². The molecule has 4 heteroatoms. The number of likely N-dealkylation sites (N-methyl/N-ethyl adjacent to an activating group) is 1. The Labute approximate surface area is 125 Å². The molecular formula is C15H24BrN3. The minimum atomic E-state index is 0.645. The third kappa shape index (κ3) is 5.22. The number of benzene rings is 1. The lowest BCUT2D eigenvalue weighted by Crippen LogP contribution is -2.49. The van der Waals surface area contributed by atoms with Crippen LogP contribution >= 0.6 is 15.9 Å². The van der Waals surface area contributed by atoms with Crippen molar-refractivity contribution in [3.8, 4) is 0 Å². The van der Waals surface area contributed by atoms with Gasteiger partial charge in [0.2, 0.25) is 0 Å². The van der Waals surface area contributed by atoms with E-state index < -0.39 is 0 Å². The zero-order chi connectivity index (χ0) is 13.7. The number of piperazine rings is 1. The lowest BCUT2D eigenvalue weighted by molar-refractivity contribution is 0.212. The average molecular weight is 326 g/mol. The van der Waals surface area contributed by atoms with E-state index in [1.807, 2.05) is 0 Å². The molecule has 1 aliphatic rings. The van der Waals surface area contributed by atoms with Gasteiger partial charge in [-0.25, -0.2) is 0 Å². The van der Waals surface area contributed by atoms with E-state index in [-0.39, 0.29) is 0 Å². The second-order valence-electron chi connectivity index (χ2n) is 5.57. The number of hydrogen-bond acceptors (Lipinski definition) is 3. The summed E-state index contributed by atoms with van der Waals surface area (Å²) in [5, 5.41) is 3.60.